The van der Waals surface area contributed by atoms with Crippen molar-refractivity contribution >= 4 is 6.09 Å². The molecule has 0 aromatic carbocycles. The first-order valence-corrected chi connectivity index (χ1v) is 3.82. The molecule has 0 aliphatic carbocycles. The molecule has 1 heterocycles. The molecular weight excluding hydrogens is 162 g/mol. The van der Waals surface area contributed by atoms with Gasteiger partial charge in [0, 0.05) is 7.11 Å². The summed E-state index contributed by atoms with van der Waals surface area (Å²) in [5, 5.41) is 8.47. The molecule has 12 heavy (non-hydrogen) atoms. The van der Waals surface area contributed by atoms with Gasteiger partial charge < -0.3 is 19.5 Å². The first-order chi connectivity index (χ1) is 5.74. The molecule has 0 radical (unpaired) electrons. The summed E-state index contributed by atoms with van der Waals surface area (Å²) in [5.74, 6) is 0. The molecule has 1 saturated heterocycles. The highest BCUT2D eigenvalue weighted by Gasteiger charge is 2.30. The van der Waals surface area contributed by atoms with Crippen molar-refractivity contribution in [1.29, 1.82) is 0 Å². The van der Waals surface area contributed by atoms with Gasteiger partial charge in [0.1, 0.15) is 0 Å². The van der Waals surface area contributed by atoms with Gasteiger partial charge in [0.05, 0.1) is 32.4 Å². The normalized spacial score (nSPS) is 17.6. The van der Waals surface area contributed by atoms with E-state index in [0.717, 1.165) is 0 Å². The van der Waals surface area contributed by atoms with Crippen LogP contribution in [0.25, 0.3) is 0 Å². The summed E-state index contributed by atoms with van der Waals surface area (Å²) >= 11 is 0. The molecule has 1 aliphatic heterocycles. The van der Waals surface area contributed by atoms with Gasteiger partial charge in [-0.2, -0.15) is 0 Å². The quantitative estimate of drug-likeness (QED) is 0.611. The third-order valence-electron chi connectivity index (χ3n) is 1.76. The molecule has 1 N–H and O–H groups in total. The number of carboxylic acid groups (broad SMARTS) is 1. The smallest absolute Gasteiger partial charge is 0.407 e. The lowest BCUT2D eigenvalue weighted by molar-refractivity contribution is -0.0574. The summed E-state index contributed by atoms with van der Waals surface area (Å²) in [5.41, 5.74) is 0. The standard InChI is InChI=1S/C7H13NO4/c1-11-2-3-12-6-4-8(5-6)7(9)10/h6H,2-5H2,1H3,(H,9,10). The molecule has 1 amide bonds. The molecule has 0 bridgehead atoms. The second kappa shape index (κ2) is 4.27. The summed E-state index contributed by atoms with van der Waals surface area (Å²) in [6, 6.07) is 0. The van der Waals surface area contributed by atoms with Gasteiger partial charge in [-0.25, -0.2) is 4.79 Å². The number of amides is 1. The van der Waals surface area contributed by atoms with E-state index in [4.69, 9.17) is 14.6 Å². The van der Waals surface area contributed by atoms with Gasteiger partial charge in [-0.3, -0.25) is 0 Å². The van der Waals surface area contributed by atoms with Crippen molar-refractivity contribution in [3.63, 3.8) is 0 Å². The van der Waals surface area contributed by atoms with Crippen LogP contribution in [0.15, 0.2) is 0 Å². The van der Waals surface area contributed by atoms with E-state index in [1.807, 2.05) is 0 Å². The fraction of sp³-hybridized carbons (Fsp3) is 0.857. The van der Waals surface area contributed by atoms with Gasteiger partial charge in [0.15, 0.2) is 0 Å². The Labute approximate surface area is 70.9 Å². The number of likely N-dealkylation sites (tertiary alicyclic amines) is 1. The Morgan fingerprint density at radius 2 is 2.25 bits per heavy atom. The third kappa shape index (κ3) is 2.35. The van der Waals surface area contributed by atoms with Gasteiger partial charge >= 0.3 is 6.09 Å². The van der Waals surface area contributed by atoms with E-state index in [-0.39, 0.29) is 6.10 Å². The Kier molecular flexibility index (Phi) is 3.31. The lowest BCUT2D eigenvalue weighted by Gasteiger charge is -2.36. The molecular formula is C7H13NO4. The van der Waals surface area contributed by atoms with E-state index >= 15 is 0 Å². The molecule has 70 valence electrons. The molecule has 0 aromatic rings. The summed E-state index contributed by atoms with van der Waals surface area (Å²) in [7, 11) is 1.60. The molecule has 1 rings (SSSR count). The van der Waals surface area contributed by atoms with Crippen molar-refractivity contribution in [3.05, 3.63) is 0 Å². The Morgan fingerprint density at radius 1 is 1.58 bits per heavy atom. The zero-order chi connectivity index (χ0) is 8.97. The van der Waals surface area contributed by atoms with E-state index in [0.29, 0.717) is 26.3 Å². The molecule has 0 unspecified atom stereocenters. The summed E-state index contributed by atoms with van der Waals surface area (Å²) in [6.07, 6.45) is -0.808. The second-order valence-electron chi connectivity index (χ2n) is 2.67. The SMILES string of the molecule is COCCOC1CN(C(=O)O)C1. The Bertz CT molecular complexity index is 155. The average Bonchev–Trinajstić information content (AvgIpc) is 1.93. The van der Waals surface area contributed by atoms with Crippen LogP contribution in [-0.2, 0) is 9.47 Å². The molecule has 0 atom stereocenters. The number of ether oxygens (including phenoxy) is 2. The predicted molar refractivity (Wildman–Crippen MR) is 41.2 cm³/mol. The van der Waals surface area contributed by atoms with Gasteiger partial charge in [-0.05, 0) is 0 Å². The number of carbonyl (C=O) groups is 1. The molecule has 1 aliphatic rings. The first kappa shape index (κ1) is 9.28. The van der Waals surface area contributed by atoms with Crippen LogP contribution >= 0.6 is 0 Å². The highest BCUT2D eigenvalue weighted by molar-refractivity contribution is 5.66. The van der Waals surface area contributed by atoms with E-state index in [9.17, 15) is 4.79 Å². The van der Waals surface area contributed by atoms with Crippen molar-refractivity contribution in [2.45, 2.75) is 6.10 Å². The number of methoxy groups -OCH3 is 1. The highest BCUT2D eigenvalue weighted by Crippen LogP contribution is 2.10. The van der Waals surface area contributed by atoms with E-state index in [1.54, 1.807) is 7.11 Å². The van der Waals surface area contributed by atoms with Crippen molar-refractivity contribution in [3.8, 4) is 0 Å². The molecule has 0 saturated carbocycles. The zero-order valence-electron chi connectivity index (χ0n) is 7.02. The van der Waals surface area contributed by atoms with Crippen molar-refractivity contribution in [2.75, 3.05) is 33.4 Å². The van der Waals surface area contributed by atoms with Crippen molar-refractivity contribution < 1.29 is 19.4 Å². The Hall–Kier alpha value is -0.810. The van der Waals surface area contributed by atoms with Crippen LogP contribution in [-0.4, -0.2) is 55.6 Å². The van der Waals surface area contributed by atoms with Gasteiger partial charge in [-0.15, -0.1) is 0 Å². The first-order valence-electron chi connectivity index (χ1n) is 3.82. The fourth-order valence-corrected chi connectivity index (χ4v) is 0.998. The maximum Gasteiger partial charge on any atom is 0.407 e. The second-order valence-corrected chi connectivity index (χ2v) is 2.67. The average molecular weight is 175 g/mol. The van der Waals surface area contributed by atoms with E-state index in [1.165, 1.54) is 4.90 Å². The summed E-state index contributed by atoms with van der Waals surface area (Å²) < 4.78 is 10.0. The van der Waals surface area contributed by atoms with E-state index < -0.39 is 6.09 Å². The Morgan fingerprint density at radius 3 is 2.75 bits per heavy atom. The predicted octanol–water partition coefficient (Wildman–Crippen LogP) is 0.0116. The zero-order valence-corrected chi connectivity index (χ0v) is 7.02. The minimum absolute atomic E-state index is 0.0660. The van der Waals surface area contributed by atoms with Crippen LogP contribution in [0.2, 0.25) is 0 Å². The summed E-state index contributed by atoms with van der Waals surface area (Å²) in [6.45, 7) is 2.07. The number of nitrogens with zero attached hydrogens (tertiary/aromatic N) is 1. The Balaban J connectivity index is 1.98. The molecule has 1 fully saturated rings. The molecule has 0 spiro atoms. The lowest BCUT2D eigenvalue weighted by atomic mass is 10.2. The lowest BCUT2D eigenvalue weighted by Crippen LogP contribution is -2.54. The minimum Gasteiger partial charge on any atom is -0.465 e. The largest absolute Gasteiger partial charge is 0.465 e. The monoisotopic (exact) mass is 175 g/mol. The van der Waals surface area contributed by atoms with Crippen LogP contribution in [0.3, 0.4) is 0 Å². The van der Waals surface area contributed by atoms with Crippen LogP contribution in [0, 0.1) is 0 Å². The maximum atomic E-state index is 10.3. The fourth-order valence-electron chi connectivity index (χ4n) is 0.998. The van der Waals surface area contributed by atoms with Crippen LogP contribution in [0.4, 0.5) is 4.79 Å². The number of hydrogen-bond donors (Lipinski definition) is 1. The van der Waals surface area contributed by atoms with Crippen molar-refractivity contribution in [1.82, 2.24) is 4.90 Å². The van der Waals surface area contributed by atoms with E-state index in [2.05, 4.69) is 0 Å². The van der Waals surface area contributed by atoms with Crippen molar-refractivity contribution in [2.24, 2.45) is 0 Å². The molecule has 5 nitrogen and oxygen atoms in total. The van der Waals surface area contributed by atoms with Crippen LogP contribution < -0.4 is 0 Å². The molecule has 0 aromatic heterocycles. The summed E-state index contributed by atoms with van der Waals surface area (Å²) in [4.78, 5) is 11.6. The van der Waals surface area contributed by atoms with Crippen LogP contribution in [0.5, 0.6) is 0 Å². The van der Waals surface area contributed by atoms with Gasteiger partial charge in [0.2, 0.25) is 0 Å². The third-order valence-corrected chi connectivity index (χ3v) is 1.76. The topological polar surface area (TPSA) is 59.0 Å². The highest BCUT2D eigenvalue weighted by atomic mass is 16.5. The molecule has 5 heteroatoms. The van der Waals surface area contributed by atoms with Crippen LogP contribution in [0.1, 0.15) is 0 Å². The van der Waals surface area contributed by atoms with Gasteiger partial charge in [-0.1, -0.05) is 0 Å². The minimum atomic E-state index is -0.874. The number of hydrogen-bond acceptors (Lipinski definition) is 3. The maximum absolute atomic E-state index is 10.3. The number of rotatable bonds is 4. The van der Waals surface area contributed by atoms with Gasteiger partial charge in [0.25, 0.3) is 0 Å².